The maximum atomic E-state index is 13.1. The summed E-state index contributed by atoms with van der Waals surface area (Å²) in [5.41, 5.74) is 1.56. The Labute approximate surface area is 148 Å². The van der Waals surface area contributed by atoms with Gasteiger partial charge in [0, 0.05) is 18.3 Å². The van der Waals surface area contributed by atoms with Crippen molar-refractivity contribution in [1.29, 1.82) is 0 Å². The number of para-hydroxylation sites is 1. The summed E-state index contributed by atoms with van der Waals surface area (Å²) in [6, 6.07) is 9.17. The summed E-state index contributed by atoms with van der Waals surface area (Å²) in [7, 11) is 1.58. The van der Waals surface area contributed by atoms with Gasteiger partial charge in [-0.2, -0.15) is 9.50 Å². The molecule has 3 heterocycles. The lowest BCUT2D eigenvalue weighted by atomic mass is 10.1. The molecule has 0 saturated carbocycles. The predicted octanol–water partition coefficient (Wildman–Crippen LogP) is 1.42. The molecule has 4 rings (SSSR count). The summed E-state index contributed by atoms with van der Waals surface area (Å²) in [6.45, 7) is 1.84. The number of ether oxygens (including phenoxy) is 1. The number of aromatic nitrogens is 5. The Balaban J connectivity index is 2.22. The quantitative estimate of drug-likeness (QED) is 0.597. The third kappa shape index (κ3) is 2.42. The van der Waals surface area contributed by atoms with Gasteiger partial charge < -0.3 is 14.4 Å². The lowest BCUT2D eigenvalue weighted by molar-refractivity contribution is 0.274. The minimum atomic E-state index is -0.250. The summed E-state index contributed by atoms with van der Waals surface area (Å²) < 4.78 is 8.52. The van der Waals surface area contributed by atoms with E-state index in [9.17, 15) is 9.90 Å². The molecule has 8 nitrogen and oxygen atoms in total. The van der Waals surface area contributed by atoms with Gasteiger partial charge >= 0.3 is 0 Å². The van der Waals surface area contributed by atoms with Gasteiger partial charge in [0.2, 0.25) is 0 Å². The SMILES string of the molecule is COc1ccccc1-c1c2c(=O)n(CCO)ccc2nc2nc(C)nn12. The average molecular weight is 351 g/mol. The van der Waals surface area contributed by atoms with Crippen molar-refractivity contribution in [2.24, 2.45) is 0 Å². The van der Waals surface area contributed by atoms with E-state index in [2.05, 4.69) is 15.1 Å². The van der Waals surface area contributed by atoms with E-state index in [0.717, 1.165) is 5.56 Å². The highest BCUT2D eigenvalue weighted by Crippen LogP contribution is 2.33. The number of methoxy groups -OCH3 is 1. The summed E-state index contributed by atoms with van der Waals surface area (Å²) in [5.74, 6) is 1.58. The number of pyridine rings is 1. The number of aryl methyl sites for hydroxylation is 1. The molecule has 4 aromatic rings. The third-order valence-electron chi connectivity index (χ3n) is 4.21. The van der Waals surface area contributed by atoms with E-state index in [-0.39, 0.29) is 18.7 Å². The van der Waals surface area contributed by atoms with Crippen molar-refractivity contribution in [2.75, 3.05) is 13.7 Å². The molecule has 0 aliphatic heterocycles. The van der Waals surface area contributed by atoms with Gasteiger partial charge in [-0.25, -0.2) is 4.98 Å². The molecule has 1 aromatic carbocycles. The predicted molar refractivity (Wildman–Crippen MR) is 96.4 cm³/mol. The Morgan fingerprint density at radius 3 is 2.77 bits per heavy atom. The van der Waals surface area contributed by atoms with E-state index in [1.54, 1.807) is 30.8 Å². The van der Waals surface area contributed by atoms with Crippen molar-refractivity contribution in [3.63, 3.8) is 0 Å². The minimum Gasteiger partial charge on any atom is -0.496 e. The number of fused-ring (bicyclic) bond motifs is 2. The lowest BCUT2D eigenvalue weighted by Gasteiger charge is -2.13. The van der Waals surface area contributed by atoms with Crippen LogP contribution in [0.4, 0.5) is 0 Å². The largest absolute Gasteiger partial charge is 0.496 e. The maximum absolute atomic E-state index is 13.1. The molecule has 0 aliphatic carbocycles. The van der Waals surface area contributed by atoms with E-state index in [4.69, 9.17) is 4.74 Å². The van der Waals surface area contributed by atoms with E-state index in [1.807, 2.05) is 24.3 Å². The van der Waals surface area contributed by atoms with Crippen molar-refractivity contribution in [3.8, 4) is 17.0 Å². The highest BCUT2D eigenvalue weighted by atomic mass is 16.5. The standard InChI is InChI=1S/C18H17N5O3/c1-11-19-18-20-13-7-8-22(9-10-24)17(25)15(13)16(23(18)21-11)12-5-3-4-6-14(12)26-2/h3-8,24H,9-10H2,1-2H3. The molecule has 8 heteroatoms. The van der Waals surface area contributed by atoms with E-state index in [0.29, 0.717) is 33.9 Å². The Hall–Kier alpha value is -3.26. The van der Waals surface area contributed by atoms with Crippen molar-refractivity contribution in [1.82, 2.24) is 24.1 Å². The fourth-order valence-corrected chi connectivity index (χ4v) is 3.09. The zero-order chi connectivity index (χ0) is 18.3. The van der Waals surface area contributed by atoms with E-state index >= 15 is 0 Å². The fourth-order valence-electron chi connectivity index (χ4n) is 3.09. The molecule has 0 bridgehead atoms. The topological polar surface area (TPSA) is 94.5 Å². The molecule has 3 aromatic heterocycles. The van der Waals surface area contributed by atoms with E-state index in [1.165, 1.54) is 4.57 Å². The Bertz CT molecular complexity index is 1180. The van der Waals surface area contributed by atoms with E-state index < -0.39 is 0 Å². The fraction of sp³-hybridized carbons (Fsp3) is 0.222. The second-order valence-corrected chi connectivity index (χ2v) is 5.83. The van der Waals surface area contributed by atoms with Crippen LogP contribution in [-0.4, -0.2) is 43.0 Å². The number of nitrogens with zero attached hydrogens (tertiary/aromatic N) is 5. The Morgan fingerprint density at radius 1 is 1.19 bits per heavy atom. The molecule has 0 saturated heterocycles. The second-order valence-electron chi connectivity index (χ2n) is 5.83. The smallest absolute Gasteiger partial charge is 0.262 e. The van der Waals surface area contributed by atoms with Gasteiger partial charge in [-0.3, -0.25) is 4.79 Å². The average Bonchev–Trinajstić information content (AvgIpc) is 3.02. The van der Waals surface area contributed by atoms with Gasteiger partial charge in [0.05, 0.1) is 30.3 Å². The van der Waals surface area contributed by atoms with Crippen molar-refractivity contribution >= 4 is 16.7 Å². The molecule has 0 radical (unpaired) electrons. The zero-order valence-corrected chi connectivity index (χ0v) is 14.4. The molecule has 0 fully saturated rings. The summed E-state index contributed by atoms with van der Waals surface area (Å²) >= 11 is 0. The van der Waals surface area contributed by atoms with Gasteiger partial charge in [0.1, 0.15) is 11.6 Å². The summed E-state index contributed by atoms with van der Waals surface area (Å²) in [5, 5.41) is 14.1. The normalized spacial score (nSPS) is 11.3. The van der Waals surface area contributed by atoms with Gasteiger partial charge in [0.15, 0.2) is 0 Å². The first-order valence-electron chi connectivity index (χ1n) is 8.15. The zero-order valence-electron chi connectivity index (χ0n) is 14.4. The summed E-state index contributed by atoms with van der Waals surface area (Å²) in [4.78, 5) is 21.9. The lowest BCUT2D eigenvalue weighted by Crippen LogP contribution is -2.22. The minimum absolute atomic E-state index is 0.131. The number of hydrogen-bond acceptors (Lipinski definition) is 6. The molecule has 0 spiro atoms. The molecular formula is C18H17N5O3. The maximum Gasteiger partial charge on any atom is 0.262 e. The van der Waals surface area contributed by atoms with Gasteiger partial charge in [0.25, 0.3) is 11.3 Å². The molecule has 0 atom stereocenters. The number of rotatable bonds is 4. The molecule has 0 unspecified atom stereocenters. The second kappa shape index (κ2) is 6.23. The van der Waals surface area contributed by atoms with Gasteiger partial charge in [-0.05, 0) is 25.1 Å². The molecule has 132 valence electrons. The van der Waals surface area contributed by atoms with Crippen LogP contribution in [-0.2, 0) is 6.54 Å². The Kier molecular flexibility index (Phi) is 3.89. The van der Waals surface area contributed by atoms with Crippen LogP contribution in [0.5, 0.6) is 5.75 Å². The van der Waals surface area contributed by atoms with Crippen LogP contribution in [0.1, 0.15) is 5.82 Å². The number of aliphatic hydroxyl groups excluding tert-OH is 1. The van der Waals surface area contributed by atoms with Gasteiger partial charge in [-0.1, -0.05) is 12.1 Å². The van der Waals surface area contributed by atoms with Crippen molar-refractivity contribution in [3.05, 3.63) is 52.7 Å². The number of aliphatic hydroxyl groups is 1. The van der Waals surface area contributed by atoms with Crippen LogP contribution in [0.3, 0.4) is 0 Å². The third-order valence-corrected chi connectivity index (χ3v) is 4.21. The molecular weight excluding hydrogens is 334 g/mol. The van der Waals surface area contributed by atoms with Gasteiger partial charge in [-0.15, -0.1) is 5.10 Å². The highest BCUT2D eigenvalue weighted by Gasteiger charge is 2.20. The molecule has 1 N–H and O–H groups in total. The molecule has 26 heavy (non-hydrogen) atoms. The highest BCUT2D eigenvalue weighted by molar-refractivity contribution is 5.94. The van der Waals surface area contributed by atoms with Crippen LogP contribution in [0.2, 0.25) is 0 Å². The number of benzene rings is 1. The first-order valence-corrected chi connectivity index (χ1v) is 8.15. The van der Waals surface area contributed by atoms with Crippen molar-refractivity contribution < 1.29 is 9.84 Å². The summed E-state index contributed by atoms with van der Waals surface area (Å²) in [6.07, 6.45) is 1.62. The molecule has 0 aliphatic rings. The Morgan fingerprint density at radius 2 is 2.00 bits per heavy atom. The molecule has 0 amide bonds. The first-order chi connectivity index (χ1) is 12.6. The van der Waals surface area contributed by atoms with Crippen LogP contribution < -0.4 is 10.3 Å². The van der Waals surface area contributed by atoms with Crippen LogP contribution >= 0.6 is 0 Å². The monoisotopic (exact) mass is 351 g/mol. The van der Waals surface area contributed by atoms with Crippen LogP contribution in [0.25, 0.3) is 27.9 Å². The first kappa shape index (κ1) is 16.2. The van der Waals surface area contributed by atoms with Crippen LogP contribution in [0.15, 0.2) is 41.3 Å². The number of hydrogen-bond donors (Lipinski definition) is 1. The van der Waals surface area contributed by atoms with Crippen LogP contribution in [0, 0.1) is 6.92 Å². The van der Waals surface area contributed by atoms with Crippen molar-refractivity contribution in [2.45, 2.75) is 13.5 Å².